The summed E-state index contributed by atoms with van der Waals surface area (Å²) in [5, 5.41) is 3.33. The molecule has 0 bridgehead atoms. The van der Waals surface area contributed by atoms with Crippen molar-refractivity contribution in [3.63, 3.8) is 0 Å². The zero-order valence-electron chi connectivity index (χ0n) is 18.2. The van der Waals surface area contributed by atoms with Gasteiger partial charge in [-0.25, -0.2) is 14.4 Å². The lowest BCUT2D eigenvalue weighted by Crippen LogP contribution is -2.48. The van der Waals surface area contributed by atoms with Crippen molar-refractivity contribution < 1.29 is 9.13 Å². The van der Waals surface area contributed by atoms with Gasteiger partial charge in [-0.15, -0.1) is 11.8 Å². The summed E-state index contributed by atoms with van der Waals surface area (Å²) >= 11 is 1.79. The van der Waals surface area contributed by atoms with Crippen molar-refractivity contribution in [3.8, 4) is 5.88 Å². The number of nitrogens with one attached hydrogen (secondary N) is 1. The van der Waals surface area contributed by atoms with E-state index in [1.807, 2.05) is 13.0 Å². The van der Waals surface area contributed by atoms with Gasteiger partial charge in [-0.3, -0.25) is 4.99 Å². The summed E-state index contributed by atoms with van der Waals surface area (Å²) in [5.41, 5.74) is 8.70. The monoisotopic (exact) mass is 452 g/mol. The van der Waals surface area contributed by atoms with Crippen LogP contribution in [0.3, 0.4) is 0 Å². The van der Waals surface area contributed by atoms with Gasteiger partial charge in [-0.1, -0.05) is 0 Å². The highest BCUT2D eigenvalue weighted by Gasteiger charge is 2.50. The summed E-state index contributed by atoms with van der Waals surface area (Å²) in [5.74, 6) is 1.95. The van der Waals surface area contributed by atoms with Gasteiger partial charge in [-0.2, -0.15) is 4.98 Å². The van der Waals surface area contributed by atoms with Gasteiger partial charge in [0.2, 0.25) is 5.88 Å². The van der Waals surface area contributed by atoms with Crippen LogP contribution in [0.15, 0.2) is 41.7 Å². The van der Waals surface area contributed by atoms with Crippen molar-refractivity contribution >= 4 is 40.1 Å². The van der Waals surface area contributed by atoms with E-state index in [1.54, 1.807) is 36.3 Å². The number of aromatic nitrogens is 3. The third-order valence-corrected chi connectivity index (χ3v) is 8.19. The second kappa shape index (κ2) is 7.58. The van der Waals surface area contributed by atoms with Crippen LogP contribution in [0.25, 0.3) is 11.2 Å². The highest BCUT2D eigenvalue weighted by Crippen LogP contribution is 2.52. The van der Waals surface area contributed by atoms with Crippen molar-refractivity contribution in [2.45, 2.75) is 37.0 Å². The Kier molecular flexibility index (Phi) is 4.96. The minimum absolute atomic E-state index is 0.151. The quantitative estimate of drug-likeness (QED) is 0.592. The van der Waals surface area contributed by atoms with Crippen LogP contribution in [-0.2, 0) is 5.54 Å². The molecule has 0 spiro atoms. The molecule has 3 aromatic rings. The number of amidine groups is 1. The number of thioether (sulfide) groups is 1. The van der Waals surface area contributed by atoms with Crippen molar-refractivity contribution in [1.82, 2.24) is 15.0 Å². The van der Waals surface area contributed by atoms with E-state index >= 15 is 0 Å². The molecule has 5 rings (SSSR count). The minimum Gasteiger partial charge on any atom is -0.480 e. The smallest absolute Gasteiger partial charge is 0.234 e. The zero-order chi connectivity index (χ0) is 22.5. The molecule has 0 amide bonds. The van der Waals surface area contributed by atoms with Gasteiger partial charge in [0.15, 0.2) is 5.65 Å². The largest absolute Gasteiger partial charge is 0.480 e. The Hall–Kier alpha value is -2.94. The number of rotatable bonds is 5. The molecule has 0 unspecified atom stereocenters. The SMILES string of the molecule is COc1cnc2c(Nc3ccc(F)c([C@]4(C)CS[C@@](C)(C5CC5)C(N)=N4)c3)ccnc2n1. The van der Waals surface area contributed by atoms with E-state index in [9.17, 15) is 4.39 Å². The van der Waals surface area contributed by atoms with Crippen molar-refractivity contribution in [2.75, 3.05) is 18.2 Å². The zero-order valence-corrected chi connectivity index (χ0v) is 19.0. The van der Waals surface area contributed by atoms with Crippen molar-refractivity contribution in [2.24, 2.45) is 16.6 Å². The average molecular weight is 453 g/mol. The van der Waals surface area contributed by atoms with Gasteiger partial charge < -0.3 is 15.8 Å². The fraction of sp³-hybridized carbons (Fsp3) is 0.391. The van der Waals surface area contributed by atoms with Gasteiger partial charge in [0, 0.05) is 23.2 Å². The van der Waals surface area contributed by atoms with E-state index in [2.05, 4.69) is 27.2 Å². The third-order valence-electron chi connectivity index (χ3n) is 6.35. The molecule has 0 radical (unpaired) electrons. The maximum atomic E-state index is 15.0. The number of halogens is 1. The molecule has 1 saturated carbocycles. The van der Waals surface area contributed by atoms with Crippen molar-refractivity contribution in [1.29, 1.82) is 0 Å². The van der Waals surface area contributed by atoms with Crippen LogP contribution < -0.4 is 15.8 Å². The highest BCUT2D eigenvalue weighted by molar-refractivity contribution is 8.01. The van der Waals surface area contributed by atoms with E-state index in [0.29, 0.717) is 40.1 Å². The number of fused-ring (bicyclic) bond motifs is 1. The second-order valence-electron chi connectivity index (χ2n) is 8.70. The number of methoxy groups -OCH3 is 1. The third kappa shape index (κ3) is 3.54. The Morgan fingerprint density at radius 1 is 1.22 bits per heavy atom. The summed E-state index contributed by atoms with van der Waals surface area (Å²) in [6, 6.07) is 6.77. The van der Waals surface area contributed by atoms with Gasteiger partial charge in [0.1, 0.15) is 17.2 Å². The number of nitrogens with two attached hydrogens (primary N) is 1. The number of hydrogen-bond donors (Lipinski definition) is 2. The topological polar surface area (TPSA) is 98.3 Å². The molecule has 3 heterocycles. The molecule has 2 aliphatic rings. The molecule has 166 valence electrons. The molecule has 1 aliphatic carbocycles. The maximum Gasteiger partial charge on any atom is 0.234 e. The molecule has 3 N–H and O–H groups in total. The van der Waals surface area contributed by atoms with Gasteiger partial charge >= 0.3 is 0 Å². The van der Waals surface area contributed by atoms with E-state index < -0.39 is 5.54 Å². The van der Waals surface area contributed by atoms with Gasteiger partial charge in [-0.05, 0) is 56.9 Å². The van der Waals surface area contributed by atoms with Crippen molar-refractivity contribution in [3.05, 3.63) is 48.0 Å². The van der Waals surface area contributed by atoms with Crippen LogP contribution in [0.2, 0.25) is 0 Å². The van der Waals surface area contributed by atoms with Gasteiger partial charge in [0.05, 0.1) is 29.3 Å². The Labute approximate surface area is 190 Å². The fourth-order valence-corrected chi connectivity index (χ4v) is 5.61. The molecule has 32 heavy (non-hydrogen) atoms. The molecule has 9 heteroatoms. The number of benzene rings is 1. The highest BCUT2D eigenvalue weighted by atomic mass is 32.2. The Morgan fingerprint density at radius 3 is 2.75 bits per heavy atom. The molecule has 2 atom stereocenters. The number of ether oxygens (including phenoxy) is 1. The fourth-order valence-electron chi connectivity index (χ4n) is 4.15. The Balaban J connectivity index is 1.49. The summed E-state index contributed by atoms with van der Waals surface area (Å²) < 4.78 is 19.9. The maximum absolute atomic E-state index is 15.0. The average Bonchev–Trinajstić information content (AvgIpc) is 3.64. The number of nitrogens with zero attached hydrogens (tertiary/aromatic N) is 4. The molecule has 7 nitrogen and oxygen atoms in total. The Morgan fingerprint density at radius 2 is 2.03 bits per heavy atom. The van der Waals surface area contributed by atoms with Crippen LogP contribution in [0.4, 0.5) is 15.8 Å². The lowest BCUT2D eigenvalue weighted by molar-refractivity contribution is 0.397. The first-order valence-electron chi connectivity index (χ1n) is 10.5. The van der Waals surface area contributed by atoms with E-state index in [1.165, 1.54) is 26.0 Å². The number of pyridine rings is 1. The molecule has 1 aliphatic heterocycles. The molecular weight excluding hydrogens is 427 g/mol. The summed E-state index contributed by atoms with van der Waals surface area (Å²) in [6.07, 6.45) is 5.55. The number of aliphatic imine (C=N–C) groups is 1. The molecule has 1 aromatic carbocycles. The molecule has 1 fully saturated rings. The van der Waals surface area contributed by atoms with E-state index in [0.717, 1.165) is 11.4 Å². The lowest BCUT2D eigenvalue weighted by atomic mass is 9.92. The first kappa shape index (κ1) is 20.9. The number of anilines is 2. The predicted molar refractivity (Wildman–Crippen MR) is 126 cm³/mol. The lowest BCUT2D eigenvalue weighted by Gasteiger charge is -2.40. The van der Waals surface area contributed by atoms with Crippen LogP contribution in [-0.4, -0.2) is 38.4 Å². The Bertz CT molecular complexity index is 1230. The summed E-state index contributed by atoms with van der Waals surface area (Å²) in [6.45, 7) is 4.10. The first-order chi connectivity index (χ1) is 15.3. The minimum atomic E-state index is -0.738. The molecular formula is C23H25FN6OS. The standard InChI is InChI=1S/C23H25FN6OS/c1-22(12-32-23(2,13-4-5-13)21(25)30-22)15-10-14(6-7-16(15)24)28-17-8-9-26-20-19(17)27-11-18(29-20)31-3/h6-11,13H,4-5,12H2,1-3H3,(H2,25,30)(H,26,28,29)/t22-,23-/m0/s1. The molecule has 2 aromatic heterocycles. The van der Waals surface area contributed by atoms with Gasteiger partial charge in [0.25, 0.3) is 0 Å². The van der Waals surface area contributed by atoms with Crippen LogP contribution in [0.5, 0.6) is 5.88 Å². The second-order valence-corrected chi connectivity index (χ2v) is 10.1. The molecule has 0 saturated heterocycles. The predicted octanol–water partition coefficient (Wildman–Crippen LogP) is 4.40. The van der Waals surface area contributed by atoms with Crippen LogP contribution >= 0.6 is 11.8 Å². The summed E-state index contributed by atoms with van der Waals surface area (Å²) in [4.78, 5) is 17.8. The first-order valence-corrected chi connectivity index (χ1v) is 11.5. The number of hydrogen-bond acceptors (Lipinski definition) is 8. The van der Waals surface area contributed by atoms with E-state index in [-0.39, 0.29) is 10.6 Å². The van der Waals surface area contributed by atoms with E-state index in [4.69, 9.17) is 15.5 Å². The van der Waals surface area contributed by atoms with Crippen LogP contribution in [0, 0.1) is 11.7 Å². The normalized spacial score (nSPS) is 25.4. The summed E-state index contributed by atoms with van der Waals surface area (Å²) in [7, 11) is 1.53. The van der Waals surface area contributed by atoms with Crippen LogP contribution in [0.1, 0.15) is 32.3 Å².